The largest absolute Gasteiger partial charge is 0.480 e. The van der Waals surface area contributed by atoms with Gasteiger partial charge in [-0.05, 0) is 47.9 Å². The number of fused-ring (bicyclic) bond motifs is 3. The normalized spacial score (nSPS) is 13.9. The van der Waals surface area contributed by atoms with Crippen LogP contribution in [0.2, 0.25) is 0 Å². The molecule has 1 aliphatic carbocycles. The van der Waals surface area contributed by atoms with Crippen molar-refractivity contribution in [2.24, 2.45) is 5.92 Å². The second-order valence-electron chi connectivity index (χ2n) is 8.86. The Hall–Kier alpha value is -3.35. The average Bonchev–Trinajstić information content (AvgIpc) is 3.15. The molecule has 7 heteroatoms. The van der Waals surface area contributed by atoms with Gasteiger partial charge in [-0.2, -0.15) is 0 Å². The summed E-state index contributed by atoms with van der Waals surface area (Å²) in [6.45, 7) is 4.27. The molecule has 2 aromatic rings. The SMILES string of the molecule is CCCC(CCNC(=O)OCC1c2ccccc2-c2ccccc21)CCC(=O)N[C@H](C)C(=O)O. The molecule has 2 amide bonds. The molecule has 0 radical (unpaired) electrons. The van der Waals surface area contributed by atoms with Gasteiger partial charge < -0.3 is 20.5 Å². The summed E-state index contributed by atoms with van der Waals surface area (Å²) in [5.41, 5.74) is 4.73. The van der Waals surface area contributed by atoms with Crippen LogP contribution in [0.15, 0.2) is 48.5 Å². The minimum Gasteiger partial charge on any atom is -0.480 e. The Morgan fingerprint density at radius 3 is 2.18 bits per heavy atom. The number of carbonyl (C=O) groups excluding carboxylic acids is 2. The Bertz CT molecular complexity index is 961. The molecular formula is C27H34N2O5. The minimum atomic E-state index is -1.05. The molecule has 2 aromatic carbocycles. The molecule has 1 aliphatic rings. The molecule has 0 bridgehead atoms. The fraction of sp³-hybridized carbons (Fsp3) is 0.444. The maximum atomic E-state index is 12.4. The highest BCUT2D eigenvalue weighted by Crippen LogP contribution is 2.44. The van der Waals surface area contributed by atoms with Crippen LogP contribution in [0.1, 0.15) is 63.0 Å². The lowest BCUT2D eigenvalue weighted by atomic mass is 9.94. The number of hydrogen-bond donors (Lipinski definition) is 3. The number of carbonyl (C=O) groups is 3. The molecule has 3 N–H and O–H groups in total. The molecule has 0 fully saturated rings. The number of benzene rings is 2. The Morgan fingerprint density at radius 2 is 1.59 bits per heavy atom. The zero-order valence-corrected chi connectivity index (χ0v) is 19.9. The summed E-state index contributed by atoms with van der Waals surface area (Å²) in [6.07, 6.45) is 3.13. The molecule has 7 nitrogen and oxygen atoms in total. The van der Waals surface area contributed by atoms with Crippen LogP contribution in [0.3, 0.4) is 0 Å². The van der Waals surface area contributed by atoms with Crippen LogP contribution >= 0.6 is 0 Å². The van der Waals surface area contributed by atoms with Gasteiger partial charge in [-0.1, -0.05) is 68.3 Å². The summed E-state index contributed by atoms with van der Waals surface area (Å²) in [6, 6.07) is 15.5. The first-order chi connectivity index (χ1) is 16.4. The average molecular weight is 467 g/mol. The van der Waals surface area contributed by atoms with Crippen molar-refractivity contribution in [2.75, 3.05) is 13.2 Å². The van der Waals surface area contributed by atoms with Crippen LogP contribution in [0, 0.1) is 5.92 Å². The summed E-state index contributed by atoms with van der Waals surface area (Å²) in [4.78, 5) is 35.2. The lowest BCUT2D eigenvalue weighted by molar-refractivity contribution is -0.141. The van der Waals surface area contributed by atoms with Gasteiger partial charge in [0.2, 0.25) is 5.91 Å². The van der Waals surface area contributed by atoms with Crippen LogP contribution < -0.4 is 10.6 Å². The molecule has 0 saturated heterocycles. The Labute approximate surface area is 200 Å². The van der Waals surface area contributed by atoms with E-state index in [2.05, 4.69) is 41.8 Å². The van der Waals surface area contributed by atoms with E-state index >= 15 is 0 Å². The summed E-state index contributed by atoms with van der Waals surface area (Å²) >= 11 is 0. The third kappa shape index (κ3) is 6.59. The number of nitrogens with one attached hydrogen (secondary N) is 2. The van der Waals surface area contributed by atoms with E-state index in [1.54, 1.807) is 0 Å². The van der Waals surface area contributed by atoms with Crippen LogP contribution in [0.5, 0.6) is 0 Å². The van der Waals surface area contributed by atoms with E-state index in [-0.39, 0.29) is 30.8 Å². The summed E-state index contributed by atoms with van der Waals surface area (Å²) in [5.74, 6) is -1.02. The molecule has 0 aliphatic heterocycles. The third-order valence-electron chi connectivity index (χ3n) is 6.39. The smallest absolute Gasteiger partial charge is 0.407 e. The van der Waals surface area contributed by atoms with Crippen molar-refractivity contribution in [1.82, 2.24) is 10.6 Å². The highest BCUT2D eigenvalue weighted by molar-refractivity contribution is 5.83. The number of carboxylic acid groups (broad SMARTS) is 1. The van der Waals surface area contributed by atoms with Crippen LogP contribution in [-0.2, 0) is 14.3 Å². The Balaban J connectivity index is 1.44. The van der Waals surface area contributed by atoms with E-state index in [1.165, 1.54) is 29.2 Å². The van der Waals surface area contributed by atoms with Crippen molar-refractivity contribution in [3.63, 3.8) is 0 Å². The van der Waals surface area contributed by atoms with Gasteiger partial charge in [-0.15, -0.1) is 0 Å². The second-order valence-corrected chi connectivity index (χ2v) is 8.86. The van der Waals surface area contributed by atoms with Gasteiger partial charge in [0, 0.05) is 18.9 Å². The van der Waals surface area contributed by atoms with Gasteiger partial charge in [0.05, 0.1) is 0 Å². The molecule has 1 unspecified atom stereocenters. The number of alkyl carbamates (subject to hydrolysis) is 1. The maximum absolute atomic E-state index is 12.4. The third-order valence-corrected chi connectivity index (χ3v) is 6.39. The quantitative estimate of drug-likeness (QED) is 0.421. The number of hydrogen-bond acceptors (Lipinski definition) is 4. The van der Waals surface area contributed by atoms with Crippen molar-refractivity contribution in [1.29, 1.82) is 0 Å². The van der Waals surface area contributed by atoms with Gasteiger partial charge in [0.25, 0.3) is 0 Å². The van der Waals surface area contributed by atoms with Gasteiger partial charge >= 0.3 is 12.1 Å². The van der Waals surface area contributed by atoms with Gasteiger partial charge in [-0.3, -0.25) is 9.59 Å². The predicted molar refractivity (Wildman–Crippen MR) is 131 cm³/mol. The van der Waals surface area contributed by atoms with E-state index in [0.29, 0.717) is 13.0 Å². The predicted octanol–water partition coefficient (Wildman–Crippen LogP) is 4.70. The molecule has 0 spiro atoms. The lowest BCUT2D eigenvalue weighted by Crippen LogP contribution is -2.38. The van der Waals surface area contributed by atoms with Gasteiger partial charge in [-0.25, -0.2) is 4.79 Å². The first-order valence-corrected chi connectivity index (χ1v) is 12.0. The topological polar surface area (TPSA) is 105 Å². The lowest BCUT2D eigenvalue weighted by Gasteiger charge is -2.18. The molecular weight excluding hydrogens is 432 g/mol. The number of carboxylic acids is 1. The molecule has 0 saturated carbocycles. The summed E-state index contributed by atoms with van der Waals surface area (Å²) in [7, 11) is 0. The van der Waals surface area contributed by atoms with Gasteiger partial charge in [0.15, 0.2) is 0 Å². The molecule has 3 rings (SSSR count). The van der Waals surface area contributed by atoms with Crippen LogP contribution in [0.4, 0.5) is 4.79 Å². The Morgan fingerprint density at radius 1 is 0.971 bits per heavy atom. The van der Waals surface area contributed by atoms with Crippen molar-refractivity contribution >= 4 is 18.0 Å². The molecule has 0 aromatic heterocycles. The zero-order valence-electron chi connectivity index (χ0n) is 19.9. The van der Waals surface area contributed by atoms with Crippen molar-refractivity contribution in [3.05, 3.63) is 59.7 Å². The number of ether oxygens (including phenoxy) is 1. The molecule has 0 heterocycles. The fourth-order valence-electron chi connectivity index (χ4n) is 4.58. The zero-order chi connectivity index (χ0) is 24.5. The maximum Gasteiger partial charge on any atom is 0.407 e. The van der Waals surface area contributed by atoms with Crippen LogP contribution in [0.25, 0.3) is 11.1 Å². The first kappa shape index (κ1) is 25.3. The van der Waals surface area contributed by atoms with Crippen molar-refractivity contribution in [2.45, 2.75) is 57.9 Å². The highest BCUT2D eigenvalue weighted by atomic mass is 16.5. The summed E-state index contributed by atoms with van der Waals surface area (Å²) in [5, 5.41) is 14.2. The summed E-state index contributed by atoms with van der Waals surface area (Å²) < 4.78 is 5.58. The molecule has 182 valence electrons. The number of aliphatic carboxylic acids is 1. The number of amides is 2. The second kappa shape index (κ2) is 12.2. The van der Waals surface area contributed by atoms with E-state index in [1.807, 2.05) is 24.3 Å². The molecule has 34 heavy (non-hydrogen) atoms. The number of rotatable bonds is 12. The van der Waals surface area contributed by atoms with E-state index < -0.39 is 18.1 Å². The molecule has 2 atom stereocenters. The monoisotopic (exact) mass is 466 g/mol. The minimum absolute atomic E-state index is 0.0256. The van der Waals surface area contributed by atoms with Gasteiger partial charge in [0.1, 0.15) is 12.6 Å². The fourth-order valence-corrected chi connectivity index (χ4v) is 4.58. The van der Waals surface area contributed by atoms with Crippen molar-refractivity contribution < 1.29 is 24.2 Å². The first-order valence-electron chi connectivity index (χ1n) is 12.0. The van der Waals surface area contributed by atoms with E-state index in [0.717, 1.165) is 19.3 Å². The van der Waals surface area contributed by atoms with Crippen LogP contribution in [-0.4, -0.2) is 42.3 Å². The Kier molecular flexibility index (Phi) is 9.08. The highest BCUT2D eigenvalue weighted by Gasteiger charge is 2.29. The van der Waals surface area contributed by atoms with E-state index in [4.69, 9.17) is 9.84 Å². The van der Waals surface area contributed by atoms with E-state index in [9.17, 15) is 14.4 Å². The standard InChI is InChI=1S/C27H34N2O5/c1-3-8-19(13-14-25(30)29-18(2)26(31)32)15-16-28-27(33)34-17-24-22-11-6-4-9-20(22)21-10-5-7-12-23(21)24/h4-7,9-12,18-19,24H,3,8,13-17H2,1-2H3,(H,28,33)(H,29,30)(H,31,32)/t18-,19?/m1/s1. The van der Waals surface area contributed by atoms with Crippen molar-refractivity contribution in [3.8, 4) is 11.1 Å².